The van der Waals surface area contributed by atoms with E-state index in [0.29, 0.717) is 5.56 Å². The topological polar surface area (TPSA) is 84.2 Å². The third-order valence-electron chi connectivity index (χ3n) is 3.75. The van der Waals surface area contributed by atoms with Gasteiger partial charge in [0.25, 0.3) is 5.56 Å². The van der Waals surface area contributed by atoms with E-state index < -0.39 is 17.6 Å². The van der Waals surface area contributed by atoms with Gasteiger partial charge in [-0.1, -0.05) is 59.6 Å². The molecule has 0 amide bonds. The predicted octanol–water partition coefficient (Wildman–Crippen LogP) is 4.54. The van der Waals surface area contributed by atoms with Crippen molar-refractivity contribution in [2.75, 3.05) is 5.32 Å². The summed E-state index contributed by atoms with van der Waals surface area (Å²) in [4.78, 5) is 24.4. The van der Waals surface area contributed by atoms with E-state index in [-0.39, 0.29) is 25.9 Å². The molecule has 2 N–H and O–H groups in total. The van der Waals surface area contributed by atoms with Gasteiger partial charge in [-0.2, -0.15) is 9.78 Å². The number of carbonyl (C=O) groups is 1. The number of rotatable bonds is 5. The van der Waals surface area contributed by atoms with Crippen molar-refractivity contribution in [1.82, 2.24) is 9.78 Å². The van der Waals surface area contributed by atoms with Gasteiger partial charge < -0.3 is 10.4 Å². The summed E-state index contributed by atoms with van der Waals surface area (Å²) in [6.07, 6.45) is 1.34. The number of aliphatic carboxylic acids is 1. The Bertz CT molecular complexity index is 1040. The van der Waals surface area contributed by atoms with Gasteiger partial charge in [0.15, 0.2) is 6.04 Å². The Morgan fingerprint density at radius 2 is 1.74 bits per heavy atom. The van der Waals surface area contributed by atoms with Crippen molar-refractivity contribution in [3.63, 3.8) is 0 Å². The molecule has 0 aliphatic rings. The molecule has 0 fully saturated rings. The Morgan fingerprint density at radius 1 is 1.11 bits per heavy atom. The molecular formula is C18H12BrCl2N3O3. The second kappa shape index (κ2) is 8.12. The summed E-state index contributed by atoms with van der Waals surface area (Å²) < 4.78 is 1.16. The van der Waals surface area contributed by atoms with E-state index in [2.05, 4.69) is 26.3 Å². The fraction of sp³-hybridized carbons (Fsp3) is 0.0556. The average molecular weight is 469 g/mol. The normalized spacial score (nSPS) is 11.8. The molecule has 3 rings (SSSR count). The summed E-state index contributed by atoms with van der Waals surface area (Å²) in [5.41, 5.74) is 0.481. The zero-order valence-electron chi connectivity index (χ0n) is 13.6. The van der Waals surface area contributed by atoms with Gasteiger partial charge in [-0.25, -0.2) is 4.79 Å². The van der Waals surface area contributed by atoms with E-state index >= 15 is 0 Å². The molecule has 27 heavy (non-hydrogen) atoms. The van der Waals surface area contributed by atoms with E-state index in [0.717, 1.165) is 4.68 Å². The number of para-hydroxylation sites is 1. The van der Waals surface area contributed by atoms with Crippen LogP contribution in [0.25, 0.3) is 5.69 Å². The molecule has 2 aromatic carbocycles. The summed E-state index contributed by atoms with van der Waals surface area (Å²) in [7, 11) is 0. The number of carboxylic acid groups (broad SMARTS) is 1. The third kappa shape index (κ3) is 4.00. The fourth-order valence-corrected chi connectivity index (χ4v) is 3.42. The molecule has 1 unspecified atom stereocenters. The largest absolute Gasteiger partial charge is 0.479 e. The summed E-state index contributed by atoms with van der Waals surface area (Å²) in [5, 5.41) is 17.0. The lowest BCUT2D eigenvalue weighted by atomic mass is 10.1. The maximum absolute atomic E-state index is 12.7. The standard InChI is InChI=1S/C18H12BrCl2N3O3/c19-14-13(23-15(18(26)27)10-5-2-1-3-6-10)9-22-24(17(14)25)16-11(20)7-4-8-12(16)21/h1-9,15,23H,(H,26,27). The molecule has 0 radical (unpaired) electrons. The Kier molecular flexibility index (Phi) is 5.84. The first kappa shape index (κ1) is 19.4. The number of hydrogen-bond donors (Lipinski definition) is 2. The van der Waals surface area contributed by atoms with Gasteiger partial charge in [0.2, 0.25) is 0 Å². The number of nitrogens with one attached hydrogen (secondary N) is 1. The maximum atomic E-state index is 12.7. The zero-order chi connectivity index (χ0) is 19.6. The van der Waals surface area contributed by atoms with Crippen LogP contribution in [-0.4, -0.2) is 20.9 Å². The van der Waals surface area contributed by atoms with Crippen LogP contribution >= 0.6 is 39.1 Å². The van der Waals surface area contributed by atoms with Gasteiger partial charge in [0.05, 0.1) is 21.9 Å². The minimum Gasteiger partial charge on any atom is -0.479 e. The summed E-state index contributed by atoms with van der Waals surface area (Å²) in [6.45, 7) is 0. The van der Waals surface area contributed by atoms with Crippen LogP contribution in [-0.2, 0) is 4.79 Å². The smallest absolute Gasteiger partial charge is 0.330 e. The van der Waals surface area contributed by atoms with Crippen LogP contribution in [0.1, 0.15) is 11.6 Å². The van der Waals surface area contributed by atoms with Crippen LogP contribution in [0.2, 0.25) is 10.0 Å². The quantitative estimate of drug-likeness (QED) is 0.574. The molecule has 0 saturated carbocycles. The molecule has 0 saturated heterocycles. The van der Waals surface area contributed by atoms with Crippen molar-refractivity contribution >= 4 is 50.8 Å². The van der Waals surface area contributed by atoms with Gasteiger partial charge in [-0.3, -0.25) is 4.79 Å². The molecule has 0 bridgehead atoms. The number of halogens is 3. The molecule has 6 nitrogen and oxygen atoms in total. The fourth-order valence-electron chi connectivity index (χ4n) is 2.47. The molecule has 138 valence electrons. The van der Waals surface area contributed by atoms with Gasteiger partial charge in [0, 0.05) is 0 Å². The second-order valence-electron chi connectivity index (χ2n) is 5.49. The monoisotopic (exact) mass is 467 g/mol. The number of nitrogens with zero attached hydrogens (tertiary/aromatic N) is 2. The van der Waals surface area contributed by atoms with Crippen molar-refractivity contribution in [2.45, 2.75) is 6.04 Å². The molecular weight excluding hydrogens is 457 g/mol. The summed E-state index contributed by atoms with van der Waals surface area (Å²) >= 11 is 15.5. The number of benzene rings is 2. The Balaban J connectivity index is 2.03. The van der Waals surface area contributed by atoms with E-state index in [4.69, 9.17) is 23.2 Å². The molecule has 1 heterocycles. The van der Waals surface area contributed by atoms with E-state index in [1.165, 1.54) is 6.20 Å². The predicted molar refractivity (Wildman–Crippen MR) is 108 cm³/mol. The van der Waals surface area contributed by atoms with Crippen molar-refractivity contribution in [3.05, 3.63) is 85.2 Å². The molecule has 3 aromatic rings. The SMILES string of the molecule is O=C(O)C(Nc1cnn(-c2c(Cl)cccc2Cl)c(=O)c1Br)c1ccccc1. The Labute approximate surface area is 172 Å². The van der Waals surface area contributed by atoms with Gasteiger partial charge in [0.1, 0.15) is 10.2 Å². The number of hydrogen-bond acceptors (Lipinski definition) is 4. The van der Waals surface area contributed by atoms with Crippen molar-refractivity contribution in [2.24, 2.45) is 0 Å². The van der Waals surface area contributed by atoms with Crippen LogP contribution in [0.3, 0.4) is 0 Å². The lowest BCUT2D eigenvalue weighted by Gasteiger charge is -2.17. The van der Waals surface area contributed by atoms with Gasteiger partial charge >= 0.3 is 5.97 Å². The highest BCUT2D eigenvalue weighted by atomic mass is 79.9. The molecule has 0 spiro atoms. The number of aromatic nitrogens is 2. The lowest BCUT2D eigenvalue weighted by molar-refractivity contribution is -0.138. The van der Waals surface area contributed by atoms with Crippen LogP contribution in [0, 0.1) is 0 Å². The maximum Gasteiger partial charge on any atom is 0.330 e. The van der Waals surface area contributed by atoms with Crippen molar-refractivity contribution in [3.8, 4) is 5.69 Å². The number of carboxylic acids is 1. The van der Waals surface area contributed by atoms with E-state index in [9.17, 15) is 14.7 Å². The zero-order valence-corrected chi connectivity index (χ0v) is 16.7. The van der Waals surface area contributed by atoms with Crippen LogP contribution in [0.4, 0.5) is 5.69 Å². The minimum absolute atomic E-state index is 0.107. The van der Waals surface area contributed by atoms with Crippen molar-refractivity contribution in [1.29, 1.82) is 0 Å². The first-order valence-corrected chi connectivity index (χ1v) is 9.21. The highest BCUT2D eigenvalue weighted by molar-refractivity contribution is 9.10. The molecule has 1 atom stereocenters. The average Bonchev–Trinajstić information content (AvgIpc) is 2.64. The first-order valence-electron chi connectivity index (χ1n) is 7.66. The Hall–Kier alpha value is -2.35. The van der Waals surface area contributed by atoms with Crippen molar-refractivity contribution < 1.29 is 9.90 Å². The molecule has 0 aliphatic carbocycles. The molecule has 9 heteroatoms. The van der Waals surface area contributed by atoms with Gasteiger partial charge in [-0.05, 0) is 33.6 Å². The lowest BCUT2D eigenvalue weighted by Crippen LogP contribution is -2.26. The Morgan fingerprint density at radius 3 is 2.33 bits per heavy atom. The first-order chi connectivity index (χ1) is 12.9. The van der Waals surface area contributed by atoms with Gasteiger partial charge in [-0.15, -0.1) is 0 Å². The minimum atomic E-state index is -1.09. The van der Waals surface area contributed by atoms with E-state index in [1.54, 1.807) is 48.5 Å². The summed E-state index contributed by atoms with van der Waals surface area (Å²) in [5.74, 6) is -1.09. The van der Waals surface area contributed by atoms with Crippen LogP contribution < -0.4 is 10.9 Å². The highest BCUT2D eigenvalue weighted by Gasteiger charge is 2.22. The molecule has 1 aromatic heterocycles. The highest BCUT2D eigenvalue weighted by Crippen LogP contribution is 2.29. The molecule has 0 aliphatic heterocycles. The van der Waals surface area contributed by atoms with Crippen LogP contribution in [0.5, 0.6) is 0 Å². The van der Waals surface area contributed by atoms with Crippen LogP contribution in [0.15, 0.2) is 64.0 Å². The van der Waals surface area contributed by atoms with E-state index in [1.807, 2.05) is 0 Å². The number of anilines is 1. The second-order valence-corrected chi connectivity index (χ2v) is 7.09. The third-order valence-corrected chi connectivity index (χ3v) is 5.12. The summed E-state index contributed by atoms with van der Waals surface area (Å²) in [6, 6.07) is 12.4.